The number of carbonyl (C=O) groups excluding carboxylic acids is 2. The Morgan fingerprint density at radius 2 is 1.92 bits per heavy atom. The molecule has 36 heavy (non-hydrogen) atoms. The number of hydrogen-bond acceptors (Lipinski definition) is 7. The molecular weight excluding hydrogens is 465 g/mol. The number of carbonyl (C=O) groups is 2. The standard InChI is InChI=1S/C25H32FN7O3/c1-3-5-18(16-28-20(4-2)24(35)32-10-12-36-13-11-32)31-6-8-33(9-7-31)25-29-21-15-17(26)14-19(23(27)34)22(21)30-25/h4,14-16H,2-3,5-13H2,1H3,(H2,27,34)(H,29,30)/b18-16+,28-20?. The van der Waals surface area contributed by atoms with E-state index in [0.717, 1.165) is 37.7 Å². The number of rotatable bonds is 8. The second-order valence-electron chi connectivity index (χ2n) is 8.74. The third-order valence-electron chi connectivity index (χ3n) is 6.36. The number of halogens is 1. The number of nitrogens with one attached hydrogen (secondary N) is 1. The van der Waals surface area contributed by atoms with E-state index in [1.807, 2.05) is 0 Å². The van der Waals surface area contributed by atoms with Crippen LogP contribution >= 0.6 is 0 Å². The minimum absolute atomic E-state index is 0.0572. The van der Waals surface area contributed by atoms with Crippen molar-refractivity contribution in [3.8, 4) is 0 Å². The molecule has 3 heterocycles. The van der Waals surface area contributed by atoms with Gasteiger partial charge in [0.25, 0.3) is 11.8 Å². The highest BCUT2D eigenvalue weighted by Crippen LogP contribution is 2.24. The summed E-state index contributed by atoms with van der Waals surface area (Å²) >= 11 is 0. The van der Waals surface area contributed by atoms with Crippen molar-refractivity contribution in [2.24, 2.45) is 10.7 Å². The first-order valence-electron chi connectivity index (χ1n) is 12.2. The van der Waals surface area contributed by atoms with Gasteiger partial charge in [0.2, 0.25) is 5.95 Å². The molecule has 0 spiro atoms. The number of aliphatic imine (C=N–C) groups is 1. The fourth-order valence-electron chi connectivity index (χ4n) is 4.44. The van der Waals surface area contributed by atoms with E-state index in [0.29, 0.717) is 62.1 Å². The Morgan fingerprint density at radius 3 is 2.56 bits per heavy atom. The lowest BCUT2D eigenvalue weighted by Gasteiger charge is -2.37. The summed E-state index contributed by atoms with van der Waals surface area (Å²) in [6, 6.07) is 2.42. The zero-order chi connectivity index (χ0) is 25.7. The summed E-state index contributed by atoms with van der Waals surface area (Å²) in [7, 11) is 0. The minimum atomic E-state index is -0.719. The van der Waals surface area contributed by atoms with Gasteiger partial charge in [-0.25, -0.2) is 14.4 Å². The SMILES string of the molecule is C=CC(=N/C=C(\CCC)N1CCN(c2nc3c(C(N)=O)cc(F)cc3[nH]2)CC1)C(=O)N1CCOCC1. The highest BCUT2D eigenvalue weighted by Gasteiger charge is 2.23. The van der Waals surface area contributed by atoms with Gasteiger partial charge >= 0.3 is 0 Å². The van der Waals surface area contributed by atoms with E-state index in [4.69, 9.17) is 10.5 Å². The number of nitrogens with zero attached hydrogens (tertiary/aromatic N) is 5. The molecule has 192 valence electrons. The van der Waals surface area contributed by atoms with Crippen molar-refractivity contribution < 1.29 is 18.7 Å². The van der Waals surface area contributed by atoms with Crippen LogP contribution in [0.4, 0.5) is 10.3 Å². The maximum absolute atomic E-state index is 13.9. The van der Waals surface area contributed by atoms with E-state index in [-0.39, 0.29) is 11.5 Å². The van der Waals surface area contributed by atoms with E-state index in [2.05, 4.69) is 38.3 Å². The van der Waals surface area contributed by atoms with Gasteiger partial charge in [-0.15, -0.1) is 0 Å². The molecule has 0 aliphatic carbocycles. The first-order valence-corrected chi connectivity index (χ1v) is 12.2. The highest BCUT2D eigenvalue weighted by atomic mass is 19.1. The van der Waals surface area contributed by atoms with Crippen LogP contribution in [0, 0.1) is 5.82 Å². The van der Waals surface area contributed by atoms with Crippen LogP contribution in [0.15, 0.2) is 41.7 Å². The van der Waals surface area contributed by atoms with Gasteiger partial charge in [-0.2, -0.15) is 0 Å². The van der Waals surface area contributed by atoms with Gasteiger partial charge in [0.15, 0.2) is 0 Å². The second kappa shape index (κ2) is 11.3. The molecule has 2 aliphatic heterocycles. The molecule has 11 heteroatoms. The molecule has 0 atom stereocenters. The van der Waals surface area contributed by atoms with Gasteiger partial charge in [-0.05, 0) is 24.6 Å². The minimum Gasteiger partial charge on any atom is -0.378 e. The molecule has 2 amide bonds. The molecule has 2 aromatic rings. The molecule has 1 aromatic carbocycles. The zero-order valence-electron chi connectivity index (χ0n) is 20.5. The summed E-state index contributed by atoms with van der Waals surface area (Å²) in [5.41, 5.74) is 7.63. The molecule has 2 aliphatic rings. The third-order valence-corrected chi connectivity index (χ3v) is 6.36. The molecule has 4 rings (SSSR count). The number of allylic oxidation sites excluding steroid dienone is 1. The molecule has 2 fully saturated rings. The smallest absolute Gasteiger partial charge is 0.272 e. The van der Waals surface area contributed by atoms with E-state index in [1.165, 1.54) is 12.1 Å². The maximum atomic E-state index is 13.9. The number of morpholine rings is 1. The number of piperazine rings is 1. The van der Waals surface area contributed by atoms with Crippen LogP contribution in [0.1, 0.15) is 30.1 Å². The molecular formula is C25H32FN7O3. The fourth-order valence-corrected chi connectivity index (χ4v) is 4.44. The van der Waals surface area contributed by atoms with Crippen molar-refractivity contribution in [2.75, 3.05) is 57.4 Å². The number of fused-ring (bicyclic) bond motifs is 1. The predicted molar refractivity (Wildman–Crippen MR) is 136 cm³/mol. The molecule has 0 bridgehead atoms. The van der Waals surface area contributed by atoms with Gasteiger partial charge in [-0.3, -0.25) is 9.59 Å². The number of imidazole rings is 1. The van der Waals surface area contributed by atoms with Gasteiger partial charge in [-0.1, -0.05) is 19.9 Å². The summed E-state index contributed by atoms with van der Waals surface area (Å²) < 4.78 is 19.2. The number of nitrogens with two attached hydrogens (primary N) is 1. The molecule has 0 unspecified atom stereocenters. The van der Waals surface area contributed by atoms with Crippen molar-refractivity contribution >= 4 is 34.5 Å². The predicted octanol–water partition coefficient (Wildman–Crippen LogP) is 2.05. The average molecular weight is 498 g/mol. The summed E-state index contributed by atoms with van der Waals surface area (Å²) in [5.74, 6) is -0.829. The number of primary amides is 1. The van der Waals surface area contributed by atoms with Gasteiger partial charge in [0.05, 0.1) is 24.3 Å². The number of H-pyrrole nitrogens is 1. The van der Waals surface area contributed by atoms with E-state index in [1.54, 1.807) is 11.1 Å². The first kappa shape index (κ1) is 25.4. The number of ether oxygens (including phenoxy) is 1. The summed E-state index contributed by atoms with van der Waals surface area (Å²) in [6.07, 6.45) is 5.04. The summed E-state index contributed by atoms with van der Waals surface area (Å²) in [4.78, 5) is 42.7. The summed E-state index contributed by atoms with van der Waals surface area (Å²) in [6.45, 7) is 10.8. The van der Waals surface area contributed by atoms with Crippen LogP contribution in [-0.4, -0.2) is 89.8 Å². The van der Waals surface area contributed by atoms with E-state index >= 15 is 0 Å². The van der Waals surface area contributed by atoms with Crippen LogP contribution in [-0.2, 0) is 9.53 Å². The van der Waals surface area contributed by atoms with Crippen molar-refractivity contribution in [1.29, 1.82) is 0 Å². The maximum Gasteiger partial charge on any atom is 0.272 e. The lowest BCUT2D eigenvalue weighted by molar-refractivity contribution is -0.127. The average Bonchev–Trinajstić information content (AvgIpc) is 3.32. The molecule has 3 N–H and O–H groups in total. The van der Waals surface area contributed by atoms with E-state index in [9.17, 15) is 14.0 Å². The number of benzene rings is 1. The molecule has 0 radical (unpaired) electrons. The Bertz CT molecular complexity index is 1190. The lowest BCUT2D eigenvalue weighted by Crippen LogP contribution is -2.46. The van der Waals surface area contributed by atoms with Crippen molar-refractivity contribution in [3.05, 3.63) is 48.1 Å². The molecule has 1 aromatic heterocycles. The lowest BCUT2D eigenvalue weighted by atomic mass is 10.1. The Hall–Kier alpha value is -3.73. The van der Waals surface area contributed by atoms with Gasteiger partial charge in [0, 0.05) is 51.2 Å². The van der Waals surface area contributed by atoms with E-state index < -0.39 is 11.7 Å². The van der Waals surface area contributed by atoms with Gasteiger partial charge in [0.1, 0.15) is 17.0 Å². The van der Waals surface area contributed by atoms with Crippen LogP contribution in [0.5, 0.6) is 0 Å². The topological polar surface area (TPSA) is 120 Å². The quantitative estimate of drug-likeness (QED) is 0.539. The number of amides is 2. The highest BCUT2D eigenvalue weighted by molar-refractivity contribution is 6.43. The Balaban J connectivity index is 1.47. The number of aromatic nitrogens is 2. The van der Waals surface area contributed by atoms with Crippen molar-refractivity contribution in [3.63, 3.8) is 0 Å². The van der Waals surface area contributed by atoms with Crippen LogP contribution in [0.3, 0.4) is 0 Å². The largest absolute Gasteiger partial charge is 0.378 e. The first-order chi connectivity index (χ1) is 17.4. The van der Waals surface area contributed by atoms with Crippen LogP contribution < -0.4 is 10.6 Å². The number of hydrogen-bond donors (Lipinski definition) is 2. The van der Waals surface area contributed by atoms with Crippen molar-refractivity contribution in [1.82, 2.24) is 19.8 Å². The Morgan fingerprint density at radius 1 is 1.19 bits per heavy atom. The number of aromatic amines is 1. The van der Waals surface area contributed by atoms with Crippen LogP contribution in [0.25, 0.3) is 11.0 Å². The third kappa shape index (κ3) is 5.56. The molecule has 2 saturated heterocycles. The Labute approximate surface area is 209 Å². The van der Waals surface area contributed by atoms with Gasteiger partial charge < -0.3 is 30.2 Å². The zero-order valence-corrected chi connectivity index (χ0v) is 20.5. The monoisotopic (exact) mass is 497 g/mol. The molecule has 10 nitrogen and oxygen atoms in total. The fraction of sp³-hybridized carbons (Fsp3) is 0.440. The number of anilines is 1. The van der Waals surface area contributed by atoms with Crippen LogP contribution in [0.2, 0.25) is 0 Å². The summed E-state index contributed by atoms with van der Waals surface area (Å²) in [5, 5.41) is 0. The Kier molecular flexibility index (Phi) is 7.99. The molecule has 0 saturated carbocycles. The van der Waals surface area contributed by atoms with Crippen molar-refractivity contribution in [2.45, 2.75) is 19.8 Å². The second-order valence-corrected chi connectivity index (χ2v) is 8.74. The normalized spacial score (nSPS) is 17.6.